The number of aromatic amines is 1. The number of unbranched alkanes of at least 4 members (excludes halogenated alkanes) is 2. The van der Waals surface area contributed by atoms with Crippen LogP contribution in [0, 0.1) is 0 Å². The first-order chi connectivity index (χ1) is 13.9. The third-order valence-corrected chi connectivity index (χ3v) is 5.19. The summed E-state index contributed by atoms with van der Waals surface area (Å²) in [5, 5.41) is 11.2. The maximum Gasteiger partial charge on any atom is 0.332 e. The van der Waals surface area contributed by atoms with E-state index < -0.39 is 17.2 Å². The van der Waals surface area contributed by atoms with E-state index in [4.69, 9.17) is 5.11 Å². The zero-order chi connectivity index (χ0) is 21.4. The molecule has 1 amide bonds. The predicted molar refractivity (Wildman–Crippen MR) is 116 cm³/mol. The first kappa shape index (κ1) is 23.1. The average molecular weight is 519 g/mol. The normalized spacial score (nSPS) is 11.1. The molecule has 0 fully saturated rings. The summed E-state index contributed by atoms with van der Waals surface area (Å²) >= 11 is 2.14. The molecule has 0 atom stereocenters. The van der Waals surface area contributed by atoms with Gasteiger partial charge in [-0.25, -0.2) is 9.78 Å². The third kappa shape index (κ3) is 6.15. The molecule has 10 nitrogen and oxygen atoms in total. The number of hydrogen-bond acceptors (Lipinski definition) is 5. The Bertz CT molecular complexity index is 977. The Morgan fingerprint density at radius 3 is 2.52 bits per heavy atom. The van der Waals surface area contributed by atoms with Gasteiger partial charge in [0.1, 0.15) is 11.3 Å². The molecule has 0 bridgehead atoms. The van der Waals surface area contributed by atoms with Crippen molar-refractivity contribution in [1.82, 2.24) is 24.4 Å². The lowest BCUT2D eigenvalue weighted by Gasteiger charge is -2.11. The van der Waals surface area contributed by atoms with Gasteiger partial charge in [0.15, 0.2) is 5.65 Å². The van der Waals surface area contributed by atoms with E-state index in [1.165, 1.54) is 4.57 Å². The van der Waals surface area contributed by atoms with Crippen LogP contribution in [0.15, 0.2) is 9.59 Å². The highest BCUT2D eigenvalue weighted by Gasteiger charge is 2.17. The number of hydrogen-bond donors (Lipinski definition) is 3. The van der Waals surface area contributed by atoms with E-state index >= 15 is 0 Å². The number of carboxylic acid groups (broad SMARTS) is 1. The lowest BCUT2D eigenvalue weighted by atomic mass is 10.2. The minimum absolute atomic E-state index is 0.0985. The molecular formula is C18H26IN5O5. The van der Waals surface area contributed by atoms with Crippen molar-refractivity contribution >= 4 is 45.6 Å². The highest BCUT2D eigenvalue weighted by atomic mass is 127. The minimum Gasteiger partial charge on any atom is -0.481 e. The molecule has 0 aliphatic carbocycles. The van der Waals surface area contributed by atoms with Crippen molar-refractivity contribution < 1.29 is 14.7 Å². The summed E-state index contributed by atoms with van der Waals surface area (Å²) in [5.41, 5.74) is -0.112. The summed E-state index contributed by atoms with van der Waals surface area (Å²) in [7, 11) is 0. The molecule has 0 aliphatic rings. The number of amides is 1. The van der Waals surface area contributed by atoms with E-state index in [2.05, 4.69) is 44.8 Å². The van der Waals surface area contributed by atoms with Gasteiger partial charge in [0, 0.05) is 26.1 Å². The van der Waals surface area contributed by atoms with Crippen LogP contribution in [0.3, 0.4) is 0 Å². The molecule has 29 heavy (non-hydrogen) atoms. The van der Waals surface area contributed by atoms with Gasteiger partial charge in [0.2, 0.25) is 5.91 Å². The second kappa shape index (κ2) is 11.1. The number of carbonyl (C=O) groups is 2. The minimum atomic E-state index is -1.03. The van der Waals surface area contributed by atoms with Crippen LogP contribution in [-0.2, 0) is 27.1 Å². The van der Waals surface area contributed by atoms with E-state index in [9.17, 15) is 19.2 Å². The molecule has 0 radical (unpaired) electrons. The van der Waals surface area contributed by atoms with Crippen molar-refractivity contribution in [2.75, 3.05) is 6.54 Å². The van der Waals surface area contributed by atoms with Crippen molar-refractivity contribution in [2.45, 2.75) is 63.0 Å². The summed E-state index contributed by atoms with van der Waals surface area (Å²) in [4.78, 5) is 55.2. The Balaban J connectivity index is 2.17. The van der Waals surface area contributed by atoms with Gasteiger partial charge in [-0.1, -0.05) is 42.4 Å². The van der Waals surface area contributed by atoms with Gasteiger partial charge >= 0.3 is 11.7 Å². The summed E-state index contributed by atoms with van der Waals surface area (Å²) in [6.07, 6.45) is 2.84. The van der Waals surface area contributed by atoms with Crippen LogP contribution in [0.25, 0.3) is 11.2 Å². The van der Waals surface area contributed by atoms with Gasteiger partial charge in [0.25, 0.3) is 5.56 Å². The van der Waals surface area contributed by atoms with Crippen molar-refractivity contribution in [1.29, 1.82) is 0 Å². The van der Waals surface area contributed by atoms with E-state index in [0.29, 0.717) is 34.4 Å². The van der Waals surface area contributed by atoms with Gasteiger partial charge in [-0.2, -0.15) is 0 Å². The molecule has 2 heterocycles. The van der Waals surface area contributed by atoms with Gasteiger partial charge < -0.3 is 15.4 Å². The first-order valence-electron chi connectivity index (χ1n) is 9.65. The summed E-state index contributed by atoms with van der Waals surface area (Å²) < 4.78 is 3.31. The maximum absolute atomic E-state index is 12.9. The zero-order valence-electron chi connectivity index (χ0n) is 16.4. The zero-order valence-corrected chi connectivity index (χ0v) is 18.5. The lowest BCUT2D eigenvalue weighted by Crippen LogP contribution is -2.41. The molecule has 0 aromatic carbocycles. The number of alkyl halides is 1. The molecule has 0 unspecified atom stereocenters. The number of imidazole rings is 1. The number of H-pyrrole nitrogens is 1. The van der Waals surface area contributed by atoms with E-state index in [1.54, 1.807) is 4.57 Å². The Kier molecular flexibility index (Phi) is 8.86. The van der Waals surface area contributed by atoms with Gasteiger partial charge in [0.05, 0.1) is 10.8 Å². The molecule has 0 spiro atoms. The SMILES string of the molecule is CCCCCn1c(=O)n(CCCNC(=O)CCC(=O)O)c(=O)c2[nH]c(CI)nc21. The van der Waals surface area contributed by atoms with E-state index in [1.807, 2.05) is 0 Å². The average Bonchev–Trinajstić information content (AvgIpc) is 3.13. The Hall–Kier alpha value is -2.18. The molecule has 0 saturated carbocycles. The van der Waals surface area contributed by atoms with E-state index in [-0.39, 0.29) is 31.8 Å². The van der Waals surface area contributed by atoms with Crippen molar-refractivity contribution in [3.05, 3.63) is 26.7 Å². The summed E-state index contributed by atoms with van der Waals surface area (Å²) in [6.45, 7) is 2.97. The number of carbonyl (C=O) groups excluding carboxylic acids is 1. The first-order valence-corrected chi connectivity index (χ1v) is 11.2. The van der Waals surface area contributed by atoms with Gasteiger partial charge in [-0.15, -0.1) is 0 Å². The Labute approximate surface area is 180 Å². The fourth-order valence-electron chi connectivity index (χ4n) is 2.97. The smallest absolute Gasteiger partial charge is 0.332 e. The standard InChI is InChI=1S/C18H26IN5O5/c1-2-3-4-9-23-16-15(21-12(11-19)22-16)17(28)24(18(23)29)10-5-8-20-13(25)6-7-14(26)27/h2-11H2,1H3,(H,20,25)(H,21,22)(H,26,27). The molecule has 11 heteroatoms. The van der Waals surface area contributed by atoms with Crippen LogP contribution >= 0.6 is 22.6 Å². The molecular weight excluding hydrogens is 493 g/mol. The van der Waals surface area contributed by atoms with Crippen molar-refractivity contribution in [3.63, 3.8) is 0 Å². The molecule has 0 aliphatic heterocycles. The number of rotatable bonds is 12. The molecule has 0 saturated heterocycles. The quantitative estimate of drug-likeness (QED) is 0.220. The number of nitrogens with zero attached hydrogens (tertiary/aromatic N) is 3. The maximum atomic E-state index is 12.9. The topological polar surface area (TPSA) is 139 Å². The number of aromatic nitrogens is 4. The second-order valence-electron chi connectivity index (χ2n) is 6.71. The highest BCUT2D eigenvalue weighted by Crippen LogP contribution is 2.10. The number of aryl methyl sites for hydroxylation is 1. The van der Waals surface area contributed by atoms with Crippen LogP contribution < -0.4 is 16.6 Å². The van der Waals surface area contributed by atoms with Crippen LogP contribution in [0.5, 0.6) is 0 Å². The van der Waals surface area contributed by atoms with Crippen LogP contribution in [0.4, 0.5) is 0 Å². The number of fused-ring (bicyclic) bond motifs is 1. The number of halogens is 1. The molecule has 2 aromatic heterocycles. The Morgan fingerprint density at radius 1 is 1.14 bits per heavy atom. The molecule has 160 valence electrons. The molecule has 3 N–H and O–H groups in total. The second-order valence-corrected chi connectivity index (χ2v) is 7.47. The largest absolute Gasteiger partial charge is 0.481 e. The fraction of sp³-hybridized carbons (Fsp3) is 0.611. The van der Waals surface area contributed by atoms with Crippen molar-refractivity contribution in [3.8, 4) is 0 Å². The molecule has 2 rings (SSSR count). The monoisotopic (exact) mass is 519 g/mol. The van der Waals surface area contributed by atoms with Gasteiger partial charge in [-0.05, 0) is 12.8 Å². The van der Waals surface area contributed by atoms with E-state index in [0.717, 1.165) is 19.3 Å². The third-order valence-electron chi connectivity index (χ3n) is 4.47. The Morgan fingerprint density at radius 2 is 1.86 bits per heavy atom. The summed E-state index contributed by atoms with van der Waals surface area (Å²) in [6, 6.07) is 0. The lowest BCUT2D eigenvalue weighted by molar-refractivity contribution is -0.138. The van der Waals surface area contributed by atoms with Crippen molar-refractivity contribution in [2.24, 2.45) is 0 Å². The van der Waals surface area contributed by atoms with Crippen LogP contribution in [0.2, 0.25) is 0 Å². The number of carboxylic acids is 1. The summed E-state index contributed by atoms with van der Waals surface area (Å²) in [5.74, 6) is -0.758. The van der Waals surface area contributed by atoms with Gasteiger partial charge in [-0.3, -0.25) is 23.5 Å². The van der Waals surface area contributed by atoms with Crippen LogP contribution in [0.1, 0.15) is 51.3 Å². The number of nitrogens with one attached hydrogen (secondary N) is 2. The highest BCUT2D eigenvalue weighted by molar-refractivity contribution is 14.1. The predicted octanol–water partition coefficient (Wildman–Crippen LogP) is 1.38. The fourth-order valence-corrected chi connectivity index (χ4v) is 3.33. The molecule has 2 aromatic rings. The number of aliphatic carboxylic acids is 1. The van der Waals surface area contributed by atoms with Crippen LogP contribution in [-0.4, -0.2) is 42.6 Å².